The van der Waals surface area contributed by atoms with E-state index in [1.807, 2.05) is 32.0 Å². The average molecular weight is 365 g/mol. The number of thioether (sulfide) groups is 1. The Hall–Kier alpha value is -1.42. The van der Waals surface area contributed by atoms with Crippen LogP contribution in [0.15, 0.2) is 50.5 Å². The van der Waals surface area contributed by atoms with Crippen LogP contribution < -0.4 is 5.63 Å². The second-order valence-corrected chi connectivity index (χ2v) is 7.20. The lowest BCUT2D eigenvalue weighted by molar-refractivity contribution is 0.557. The van der Waals surface area contributed by atoms with Gasteiger partial charge >= 0.3 is 5.63 Å². The highest BCUT2D eigenvalue weighted by Crippen LogP contribution is 2.34. The fourth-order valence-corrected chi connectivity index (χ4v) is 3.87. The van der Waals surface area contributed by atoms with Gasteiger partial charge in [0.15, 0.2) is 0 Å². The Morgan fingerprint density at radius 1 is 1.09 bits per heavy atom. The Balaban J connectivity index is 2.02. The molecule has 2 nitrogen and oxygen atoms in total. The van der Waals surface area contributed by atoms with Crippen molar-refractivity contribution in [2.45, 2.75) is 24.5 Å². The van der Waals surface area contributed by atoms with Gasteiger partial charge in [-0.3, -0.25) is 0 Å². The lowest BCUT2D eigenvalue weighted by Gasteiger charge is -2.09. The molecule has 0 N–H and O–H groups in total. The van der Waals surface area contributed by atoms with Crippen molar-refractivity contribution in [2.75, 3.05) is 0 Å². The Morgan fingerprint density at radius 2 is 1.87 bits per heavy atom. The highest BCUT2D eigenvalue weighted by Gasteiger charge is 2.11. The van der Waals surface area contributed by atoms with Crippen molar-refractivity contribution in [3.05, 3.63) is 73.6 Å². The molecule has 3 rings (SSSR count). The second-order valence-electron chi connectivity index (χ2n) is 5.34. The molecule has 0 aliphatic heterocycles. The summed E-state index contributed by atoms with van der Waals surface area (Å²) >= 11 is 13.8. The predicted molar refractivity (Wildman–Crippen MR) is 98.0 cm³/mol. The van der Waals surface area contributed by atoms with Crippen LogP contribution in [0.5, 0.6) is 0 Å². The van der Waals surface area contributed by atoms with E-state index in [9.17, 15) is 4.79 Å². The van der Waals surface area contributed by atoms with E-state index in [1.54, 1.807) is 30.0 Å². The highest BCUT2D eigenvalue weighted by molar-refractivity contribution is 7.98. The molecule has 5 heteroatoms. The molecular weight excluding hydrogens is 351 g/mol. The summed E-state index contributed by atoms with van der Waals surface area (Å²) in [6.45, 7) is 3.97. The van der Waals surface area contributed by atoms with Crippen molar-refractivity contribution in [3.63, 3.8) is 0 Å². The Kier molecular flexibility index (Phi) is 4.72. The minimum atomic E-state index is -0.334. The van der Waals surface area contributed by atoms with E-state index in [4.69, 9.17) is 27.6 Å². The number of aryl methyl sites for hydroxylation is 2. The zero-order valence-electron chi connectivity index (χ0n) is 12.7. The highest BCUT2D eigenvalue weighted by atomic mass is 35.5. The summed E-state index contributed by atoms with van der Waals surface area (Å²) < 4.78 is 5.40. The number of fused-ring (bicyclic) bond motifs is 1. The third kappa shape index (κ3) is 3.42. The first-order valence-corrected chi connectivity index (χ1v) is 8.80. The summed E-state index contributed by atoms with van der Waals surface area (Å²) in [6.07, 6.45) is 0. The maximum atomic E-state index is 11.9. The molecule has 1 aromatic heterocycles. The maximum absolute atomic E-state index is 11.9. The standard InChI is InChI=1S/C18H14Cl2O2S/c1-10-3-5-14-12(7-17(21)22-18(14)11(10)2)9-23-16-8-13(19)4-6-15(16)20/h3-8H,9H2,1-2H3. The Labute approximate surface area is 148 Å². The smallest absolute Gasteiger partial charge is 0.336 e. The number of benzene rings is 2. The molecule has 118 valence electrons. The maximum Gasteiger partial charge on any atom is 0.336 e. The fraction of sp³-hybridized carbons (Fsp3) is 0.167. The van der Waals surface area contributed by atoms with Gasteiger partial charge in [0.25, 0.3) is 0 Å². The van der Waals surface area contributed by atoms with Crippen LogP contribution in [0.2, 0.25) is 10.0 Å². The van der Waals surface area contributed by atoms with Gasteiger partial charge in [-0.15, -0.1) is 11.8 Å². The van der Waals surface area contributed by atoms with Crippen molar-refractivity contribution in [1.29, 1.82) is 0 Å². The van der Waals surface area contributed by atoms with Gasteiger partial charge in [-0.1, -0.05) is 35.3 Å². The summed E-state index contributed by atoms with van der Waals surface area (Å²) in [6, 6.07) is 10.9. The molecule has 23 heavy (non-hydrogen) atoms. The molecule has 2 aromatic carbocycles. The van der Waals surface area contributed by atoms with Crippen LogP contribution in [0.25, 0.3) is 11.0 Å². The molecule has 0 saturated carbocycles. The predicted octanol–water partition coefficient (Wildman–Crippen LogP) is 6.01. The van der Waals surface area contributed by atoms with Crippen LogP contribution in [-0.4, -0.2) is 0 Å². The molecule has 3 aromatic rings. The molecule has 0 saturated heterocycles. The lowest BCUT2D eigenvalue weighted by atomic mass is 10.0. The summed E-state index contributed by atoms with van der Waals surface area (Å²) in [5.41, 5.74) is 3.35. The fourth-order valence-electron chi connectivity index (χ4n) is 2.39. The van der Waals surface area contributed by atoms with Crippen molar-refractivity contribution in [3.8, 4) is 0 Å². The third-order valence-electron chi connectivity index (χ3n) is 3.79. The number of hydrogen-bond acceptors (Lipinski definition) is 3. The number of rotatable bonds is 3. The Bertz CT molecular complexity index is 948. The molecule has 0 bridgehead atoms. The summed E-state index contributed by atoms with van der Waals surface area (Å²) in [5, 5.41) is 2.25. The zero-order valence-corrected chi connectivity index (χ0v) is 15.0. The van der Waals surface area contributed by atoms with Crippen molar-refractivity contribution in [2.24, 2.45) is 0 Å². The van der Waals surface area contributed by atoms with Gasteiger partial charge in [0, 0.05) is 27.1 Å². The second kappa shape index (κ2) is 6.60. The molecule has 0 spiro atoms. The van der Waals surface area contributed by atoms with E-state index in [1.165, 1.54) is 0 Å². The van der Waals surface area contributed by atoms with Gasteiger partial charge in [-0.25, -0.2) is 4.79 Å². The van der Waals surface area contributed by atoms with Gasteiger partial charge in [-0.05, 0) is 48.7 Å². The largest absolute Gasteiger partial charge is 0.422 e. The van der Waals surface area contributed by atoms with Crippen LogP contribution in [0.1, 0.15) is 16.7 Å². The van der Waals surface area contributed by atoms with Crippen molar-refractivity contribution in [1.82, 2.24) is 0 Å². The van der Waals surface area contributed by atoms with Crippen LogP contribution in [0, 0.1) is 13.8 Å². The number of halogens is 2. The van der Waals surface area contributed by atoms with Gasteiger partial charge in [0.2, 0.25) is 0 Å². The van der Waals surface area contributed by atoms with E-state index in [-0.39, 0.29) is 5.63 Å². The molecular formula is C18H14Cl2O2S. The zero-order chi connectivity index (χ0) is 16.6. The van der Waals surface area contributed by atoms with Crippen LogP contribution in [0.4, 0.5) is 0 Å². The van der Waals surface area contributed by atoms with Gasteiger partial charge < -0.3 is 4.42 Å². The molecule has 0 aliphatic carbocycles. The summed E-state index contributed by atoms with van der Waals surface area (Å²) in [4.78, 5) is 12.8. The molecule has 1 heterocycles. The van der Waals surface area contributed by atoms with Gasteiger partial charge in [0.05, 0.1) is 5.02 Å². The normalized spacial score (nSPS) is 11.1. The quantitative estimate of drug-likeness (QED) is 0.421. The first-order valence-electron chi connectivity index (χ1n) is 7.06. The number of hydrogen-bond donors (Lipinski definition) is 0. The first-order chi connectivity index (χ1) is 11.0. The van der Waals surface area contributed by atoms with E-state index in [0.717, 1.165) is 27.0 Å². The monoisotopic (exact) mass is 364 g/mol. The summed E-state index contributed by atoms with van der Waals surface area (Å²) in [5.74, 6) is 0.616. The van der Waals surface area contributed by atoms with Crippen LogP contribution >= 0.6 is 35.0 Å². The van der Waals surface area contributed by atoms with E-state index in [0.29, 0.717) is 21.4 Å². The van der Waals surface area contributed by atoms with Crippen molar-refractivity contribution < 1.29 is 4.42 Å². The summed E-state index contributed by atoms with van der Waals surface area (Å²) in [7, 11) is 0. The molecule has 0 unspecified atom stereocenters. The van der Waals surface area contributed by atoms with Crippen LogP contribution in [0.3, 0.4) is 0 Å². The van der Waals surface area contributed by atoms with Crippen molar-refractivity contribution >= 4 is 45.9 Å². The first kappa shape index (κ1) is 16.4. The SMILES string of the molecule is Cc1ccc2c(CSc3cc(Cl)ccc3Cl)cc(=O)oc2c1C. The van der Waals surface area contributed by atoms with Gasteiger partial charge in [-0.2, -0.15) is 0 Å². The third-order valence-corrected chi connectivity index (χ3v) is 5.57. The minimum absolute atomic E-state index is 0.334. The molecule has 0 amide bonds. The molecule has 0 atom stereocenters. The van der Waals surface area contributed by atoms with Crippen LogP contribution in [-0.2, 0) is 5.75 Å². The average Bonchev–Trinajstić information content (AvgIpc) is 2.52. The van der Waals surface area contributed by atoms with E-state index >= 15 is 0 Å². The van der Waals surface area contributed by atoms with Gasteiger partial charge in [0.1, 0.15) is 5.58 Å². The topological polar surface area (TPSA) is 30.2 Å². The minimum Gasteiger partial charge on any atom is -0.422 e. The lowest BCUT2D eigenvalue weighted by Crippen LogP contribution is -2.01. The molecule has 0 radical (unpaired) electrons. The molecule has 0 fully saturated rings. The van der Waals surface area contributed by atoms with E-state index in [2.05, 4.69) is 0 Å². The molecule has 0 aliphatic rings. The van der Waals surface area contributed by atoms with E-state index < -0.39 is 0 Å². The Morgan fingerprint density at radius 3 is 2.65 bits per heavy atom.